The minimum Gasteiger partial charge on any atom is -0.338 e. The Kier molecular flexibility index (Phi) is 3.13. The van der Waals surface area contributed by atoms with Gasteiger partial charge in [0.1, 0.15) is 0 Å². The third-order valence-corrected chi connectivity index (χ3v) is 3.98. The van der Waals surface area contributed by atoms with Crippen LogP contribution in [0.2, 0.25) is 0 Å². The normalized spacial score (nSPS) is 11.5. The van der Waals surface area contributed by atoms with Crippen LogP contribution in [0.3, 0.4) is 0 Å². The van der Waals surface area contributed by atoms with Gasteiger partial charge in [0.15, 0.2) is 0 Å². The number of aromatic nitrogens is 1. The summed E-state index contributed by atoms with van der Waals surface area (Å²) in [5.74, 6) is 0.119. The summed E-state index contributed by atoms with van der Waals surface area (Å²) in [6.07, 6.45) is 0. The topological polar surface area (TPSA) is 72.2 Å². The van der Waals surface area contributed by atoms with Crippen LogP contribution < -0.4 is 4.72 Å². The molecule has 0 aliphatic rings. The van der Waals surface area contributed by atoms with Crippen LogP contribution in [0.25, 0.3) is 0 Å². The summed E-state index contributed by atoms with van der Waals surface area (Å²) in [5.41, 5.74) is 2.19. The Balaban J connectivity index is 2.39. The van der Waals surface area contributed by atoms with Gasteiger partial charge in [0.05, 0.1) is 10.6 Å². The molecule has 1 heterocycles. The number of anilines is 1. The fourth-order valence-corrected chi connectivity index (χ4v) is 2.90. The molecule has 0 fully saturated rings. The molecule has 0 unspecified atom stereocenters. The van der Waals surface area contributed by atoms with Crippen molar-refractivity contribution in [2.75, 3.05) is 4.72 Å². The molecule has 96 valence electrons. The van der Waals surface area contributed by atoms with E-state index in [0.29, 0.717) is 11.3 Å². The maximum Gasteiger partial charge on any atom is 0.264 e. The molecule has 0 amide bonds. The summed E-state index contributed by atoms with van der Waals surface area (Å²) in [4.78, 5) is 0.247. The molecule has 6 heteroatoms. The van der Waals surface area contributed by atoms with Crippen molar-refractivity contribution in [2.45, 2.75) is 25.7 Å². The molecule has 1 aromatic heterocycles. The van der Waals surface area contributed by atoms with Gasteiger partial charge < -0.3 is 4.52 Å². The maximum atomic E-state index is 12.2. The van der Waals surface area contributed by atoms with Crippen molar-refractivity contribution in [3.8, 4) is 0 Å². The molecule has 0 saturated heterocycles. The largest absolute Gasteiger partial charge is 0.338 e. The van der Waals surface area contributed by atoms with Gasteiger partial charge in [0, 0.05) is 6.07 Å². The number of nitrogens with zero attached hydrogens (tertiary/aromatic N) is 1. The van der Waals surface area contributed by atoms with Crippen molar-refractivity contribution < 1.29 is 12.9 Å². The number of aryl methyl sites for hydroxylation is 3. The quantitative estimate of drug-likeness (QED) is 0.925. The lowest BCUT2D eigenvalue weighted by Crippen LogP contribution is -2.14. The molecule has 18 heavy (non-hydrogen) atoms. The Morgan fingerprint density at radius 1 is 1.17 bits per heavy atom. The van der Waals surface area contributed by atoms with Gasteiger partial charge in [-0.25, -0.2) is 13.1 Å². The Labute approximate surface area is 106 Å². The highest BCUT2D eigenvalue weighted by Crippen LogP contribution is 2.20. The monoisotopic (exact) mass is 266 g/mol. The third kappa shape index (κ3) is 2.53. The first kappa shape index (κ1) is 12.6. The summed E-state index contributed by atoms with van der Waals surface area (Å²) in [6, 6.07) is 6.80. The van der Waals surface area contributed by atoms with E-state index < -0.39 is 10.0 Å². The second-order valence-corrected chi connectivity index (χ2v) is 5.86. The standard InChI is InChI=1S/C12H14N2O3S/c1-8-4-5-9(2)11(6-8)18(15,16)14-12-7-10(3)13-17-12/h4-7,14H,1-3H3. The minimum atomic E-state index is -3.64. The summed E-state index contributed by atoms with van der Waals surface area (Å²) in [7, 11) is -3.64. The van der Waals surface area contributed by atoms with Gasteiger partial charge in [-0.2, -0.15) is 0 Å². The summed E-state index contributed by atoms with van der Waals surface area (Å²) in [6.45, 7) is 5.32. The molecule has 0 spiro atoms. The van der Waals surface area contributed by atoms with E-state index in [9.17, 15) is 8.42 Å². The molecule has 2 rings (SSSR count). The predicted molar refractivity (Wildman–Crippen MR) is 68.0 cm³/mol. The molecular weight excluding hydrogens is 252 g/mol. The van der Waals surface area contributed by atoms with E-state index in [0.717, 1.165) is 5.56 Å². The summed E-state index contributed by atoms with van der Waals surface area (Å²) >= 11 is 0. The molecule has 0 aliphatic heterocycles. The zero-order chi connectivity index (χ0) is 13.3. The van der Waals surface area contributed by atoms with Crippen LogP contribution in [0, 0.1) is 20.8 Å². The first-order chi connectivity index (χ1) is 8.38. The maximum absolute atomic E-state index is 12.2. The molecule has 1 aromatic carbocycles. The summed E-state index contributed by atoms with van der Waals surface area (Å²) < 4.78 is 31.6. The molecule has 2 aromatic rings. The number of hydrogen-bond donors (Lipinski definition) is 1. The van der Waals surface area contributed by atoms with Gasteiger partial charge in [-0.1, -0.05) is 17.3 Å². The number of rotatable bonds is 3. The molecule has 0 atom stereocenters. The van der Waals surface area contributed by atoms with Crippen LogP contribution in [0.1, 0.15) is 16.8 Å². The number of benzene rings is 1. The van der Waals surface area contributed by atoms with Crippen LogP contribution >= 0.6 is 0 Å². The zero-order valence-electron chi connectivity index (χ0n) is 10.4. The number of nitrogens with one attached hydrogen (secondary N) is 1. The molecule has 0 radical (unpaired) electrons. The highest BCUT2D eigenvalue weighted by molar-refractivity contribution is 7.92. The molecule has 1 N–H and O–H groups in total. The van der Waals surface area contributed by atoms with E-state index >= 15 is 0 Å². The Morgan fingerprint density at radius 3 is 2.50 bits per heavy atom. The first-order valence-corrected chi connectivity index (χ1v) is 6.90. The second-order valence-electron chi connectivity index (χ2n) is 4.21. The van der Waals surface area contributed by atoms with Gasteiger partial charge in [-0.15, -0.1) is 0 Å². The van der Waals surface area contributed by atoms with Crippen LogP contribution in [-0.2, 0) is 10.0 Å². The Bertz CT molecular complexity index is 674. The molecule has 0 aliphatic carbocycles. The van der Waals surface area contributed by atoms with Crippen LogP contribution in [0.5, 0.6) is 0 Å². The molecule has 0 bridgehead atoms. The third-order valence-electron chi connectivity index (χ3n) is 2.50. The Morgan fingerprint density at radius 2 is 1.89 bits per heavy atom. The van der Waals surface area contributed by atoms with Gasteiger partial charge in [-0.05, 0) is 38.0 Å². The lowest BCUT2D eigenvalue weighted by atomic mass is 10.2. The second kappa shape index (κ2) is 4.45. The molecule has 0 saturated carbocycles. The van der Waals surface area contributed by atoms with E-state index in [1.165, 1.54) is 6.07 Å². The minimum absolute atomic E-state index is 0.119. The average molecular weight is 266 g/mol. The smallest absolute Gasteiger partial charge is 0.264 e. The van der Waals surface area contributed by atoms with Gasteiger partial charge in [0.2, 0.25) is 5.88 Å². The predicted octanol–water partition coefficient (Wildman–Crippen LogP) is 2.40. The van der Waals surface area contributed by atoms with Crippen molar-refractivity contribution in [1.82, 2.24) is 5.16 Å². The molecule has 5 nitrogen and oxygen atoms in total. The van der Waals surface area contributed by atoms with Gasteiger partial charge >= 0.3 is 0 Å². The fourth-order valence-electron chi connectivity index (χ4n) is 1.60. The first-order valence-electron chi connectivity index (χ1n) is 5.42. The lowest BCUT2D eigenvalue weighted by molar-refractivity contribution is 0.430. The lowest BCUT2D eigenvalue weighted by Gasteiger charge is -2.08. The van der Waals surface area contributed by atoms with Crippen molar-refractivity contribution in [2.24, 2.45) is 0 Å². The fraction of sp³-hybridized carbons (Fsp3) is 0.250. The van der Waals surface area contributed by atoms with Crippen LogP contribution in [0.4, 0.5) is 5.88 Å². The van der Waals surface area contributed by atoms with E-state index in [1.54, 1.807) is 26.0 Å². The number of hydrogen-bond acceptors (Lipinski definition) is 4. The van der Waals surface area contributed by atoms with Crippen molar-refractivity contribution in [3.05, 3.63) is 41.1 Å². The van der Waals surface area contributed by atoms with Crippen molar-refractivity contribution >= 4 is 15.9 Å². The van der Waals surface area contributed by atoms with E-state index in [4.69, 9.17) is 4.52 Å². The Hall–Kier alpha value is -1.82. The highest BCUT2D eigenvalue weighted by Gasteiger charge is 2.18. The van der Waals surface area contributed by atoms with Crippen molar-refractivity contribution in [1.29, 1.82) is 0 Å². The average Bonchev–Trinajstić information content (AvgIpc) is 2.66. The SMILES string of the molecule is Cc1ccc(C)c(S(=O)(=O)Nc2cc(C)no2)c1. The van der Waals surface area contributed by atoms with E-state index in [-0.39, 0.29) is 10.8 Å². The van der Waals surface area contributed by atoms with Crippen LogP contribution in [-0.4, -0.2) is 13.6 Å². The van der Waals surface area contributed by atoms with E-state index in [2.05, 4.69) is 9.88 Å². The van der Waals surface area contributed by atoms with Gasteiger partial charge in [-0.3, -0.25) is 0 Å². The number of sulfonamides is 1. The van der Waals surface area contributed by atoms with E-state index in [1.807, 2.05) is 13.0 Å². The van der Waals surface area contributed by atoms with Crippen LogP contribution in [0.15, 0.2) is 33.7 Å². The van der Waals surface area contributed by atoms with Crippen molar-refractivity contribution in [3.63, 3.8) is 0 Å². The highest BCUT2D eigenvalue weighted by atomic mass is 32.2. The summed E-state index contributed by atoms with van der Waals surface area (Å²) in [5, 5.41) is 3.63. The molecular formula is C12H14N2O3S. The zero-order valence-corrected chi connectivity index (χ0v) is 11.2. The van der Waals surface area contributed by atoms with Gasteiger partial charge in [0.25, 0.3) is 10.0 Å².